The molecule has 0 aliphatic carbocycles. The van der Waals surface area contributed by atoms with Crippen molar-refractivity contribution in [3.05, 3.63) is 24.3 Å². The van der Waals surface area contributed by atoms with Crippen LogP contribution in [-0.4, -0.2) is 62.8 Å². The average molecular weight is 664 g/mol. The second-order valence-electron chi connectivity index (χ2n) is 13.3. The first-order valence-electron chi connectivity index (χ1n) is 19.3. The smallest absolute Gasteiger partial charge is 0.306 e. The third kappa shape index (κ3) is 35.0. The second kappa shape index (κ2) is 35.2. The van der Waals surface area contributed by atoms with Crippen molar-refractivity contribution in [1.82, 2.24) is 4.90 Å². The zero-order valence-electron chi connectivity index (χ0n) is 31.1. The summed E-state index contributed by atoms with van der Waals surface area (Å²) in [7, 11) is 4.03. The highest BCUT2D eigenvalue weighted by Crippen LogP contribution is 2.18. The van der Waals surface area contributed by atoms with E-state index in [1.54, 1.807) is 0 Å². The molecule has 0 radical (unpaired) electrons. The Balaban J connectivity index is 4.12. The van der Waals surface area contributed by atoms with Crippen LogP contribution in [0.1, 0.15) is 174 Å². The van der Waals surface area contributed by atoms with Gasteiger partial charge in [-0.05, 0) is 91.3 Å². The fraction of sp³-hybridized carbons (Fsp3) is 0.825. The molecule has 0 aliphatic heterocycles. The number of unbranched alkanes of at least 4 members (excludes halogenated alkanes) is 15. The van der Waals surface area contributed by atoms with Crippen LogP contribution in [0, 0.1) is 0 Å². The molecule has 0 spiro atoms. The largest absolute Gasteiger partial charge is 0.462 e. The SMILES string of the molecule is CCCCC/C=C\COC(=O)CCCCCCCC(CCCCCCCC(=O)OC/C=C\CCCCCC)OC(=O)CCCN(C)C. The Morgan fingerprint density at radius 1 is 0.511 bits per heavy atom. The Labute approximate surface area is 289 Å². The Kier molecular flexibility index (Phi) is 33.6. The highest BCUT2D eigenvalue weighted by molar-refractivity contribution is 5.70. The van der Waals surface area contributed by atoms with Crippen LogP contribution in [0.5, 0.6) is 0 Å². The number of hydrogen-bond donors (Lipinski definition) is 0. The molecule has 0 heterocycles. The molecule has 7 nitrogen and oxygen atoms in total. The molecule has 0 N–H and O–H groups in total. The van der Waals surface area contributed by atoms with Crippen molar-refractivity contribution in [2.45, 2.75) is 180 Å². The lowest BCUT2D eigenvalue weighted by molar-refractivity contribution is -0.150. The summed E-state index contributed by atoms with van der Waals surface area (Å²) in [6, 6.07) is 0. The number of nitrogens with zero attached hydrogens (tertiary/aromatic N) is 1. The van der Waals surface area contributed by atoms with Crippen LogP contribution in [-0.2, 0) is 28.6 Å². The van der Waals surface area contributed by atoms with Crippen LogP contribution in [0.4, 0.5) is 0 Å². The summed E-state index contributed by atoms with van der Waals surface area (Å²) in [5.74, 6) is -0.306. The Bertz CT molecular complexity index is 794. The zero-order chi connectivity index (χ0) is 34.6. The summed E-state index contributed by atoms with van der Waals surface area (Å²) in [5, 5.41) is 0. The molecule has 1 unspecified atom stereocenters. The predicted molar refractivity (Wildman–Crippen MR) is 195 cm³/mol. The summed E-state index contributed by atoms with van der Waals surface area (Å²) < 4.78 is 16.5. The standard InChI is InChI=1S/C40H73NO6/c1-5-7-9-11-13-21-27-36-46-39(43)32-25-19-15-17-23-30-37(47-40(44)33-28-34-41(3)4)29-22-16-14-18-24-31-38(42)45-35-26-20-12-10-8-6-2/h20-21,26-27,37H,5-19,22-25,28-36H2,1-4H3/b26-20-,27-21-. The van der Waals surface area contributed by atoms with Crippen LogP contribution in [0.15, 0.2) is 24.3 Å². The minimum Gasteiger partial charge on any atom is -0.462 e. The maximum absolute atomic E-state index is 12.5. The Hall–Kier alpha value is -2.15. The number of hydrogen-bond acceptors (Lipinski definition) is 7. The number of rotatable bonds is 34. The summed E-state index contributed by atoms with van der Waals surface area (Å²) in [6.45, 7) is 6.05. The summed E-state index contributed by atoms with van der Waals surface area (Å²) in [5.41, 5.74) is 0. The first-order chi connectivity index (χ1) is 22.9. The van der Waals surface area contributed by atoms with Crippen LogP contribution in [0.3, 0.4) is 0 Å². The van der Waals surface area contributed by atoms with E-state index in [2.05, 4.69) is 30.9 Å². The average Bonchev–Trinajstić information content (AvgIpc) is 3.04. The lowest BCUT2D eigenvalue weighted by atomic mass is 10.0. The molecule has 0 aliphatic rings. The number of carbonyl (C=O) groups is 3. The summed E-state index contributed by atoms with van der Waals surface area (Å²) >= 11 is 0. The fourth-order valence-corrected chi connectivity index (χ4v) is 5.39. The van der Waals surface area contributed by atoms with Crippen LogP contribution < -0.4 is 0 Å². The molecule has 7 heteroatoms. The van der Waals surface area contributed by atoms with Gasteiger partial charge >= 0.3 is 17.9 Å². The van der Waals surface area contributed by atoms with Gasteiger partial charge in [-0.1, -0.05) is 109 Å². The summed E-state index contributed by atoms with van der Waals surface area (Å²) in [4.78, 5) is 38.5. The maximum atomic E-state index is 12.5. The van der Waals surface area contributed by atoms with Crippen LogP contribution in [0.25, 0.3) is 0 Å². The van der Waals surface area contributed by atoms with Gasteiger partial charge in [0.05, 0.1) is 0 Å². The monoisotopic (exact) mass is 664 g/mol. The van der Waals surface area contributed by atoms with E-state index in [-0.39, 0.29) is 24.0 Å². The molecule has 0 aromatic rings. The van der Waals surface area contributed by atoms with E-state index in [0.29, 0.717) is 32.5 Å². The van der Waals surface area contributed by atoms with Crippen molar-refractivity contribution in [3.63, 3.8) is 0 Å². The molecular weight excluding hydrogens is 590 g/mol. The van der Waals surface area contributed by atoms with Crippen molar-refractivity contribution < 1.29 is 28.6 Å². The summed E-state index contributed by atoms with van der Waals surface area (Å²) in [6.07, 6.45) is 33.0. The van der Waals surface area contributed by atoms with Crippen LogP contribution >= 0.6 is 0 Å². The maximum Gasteiger partial charge on any atom is 0.306 e. The Morgan fingerprint density at radius 2 is 0.936 bits per heavy atom. The van der Waals surface area contributed by atoms with Gasteiger partial charge < -0.3 is 19.1 Å². The molecule has 0 saturated heterocycles. The van der Waals surface area contributed by atoms with E-state index in [1.165, 1.54) is 44.9 Å². The lowest BCUT2D eigenvalue weighted by Gasteiger charge is -2.18. The second-order valence-corrected chi connectivity index (χ2v) is 13.3. The van der Waals surface area contributed by atoms with Gasteiger partial charge in [-0.3, -0.25) is 14.4 Å². The van der Waals surface area contributed by atoms with Crippen molar-refractivity contribution >= 4 is 17.9 Å². The molecular formula is C40H73NO6. The van der Waals surface area contributed by atoms with Gasteiger partial charge in [-0.2, -0.15) is 0 Å². The molecule has 47 heavy (non-hydrogen) atoms. The number of ether oxygens (including phenoxy) is 3. The van der Waals surface area contributed by atoms with Crippen molar-refractivity contribution in [2.75, 3.05) is 33.9 Å². The molecule has 0 rings (SSSR count). The zero-order valence-corrected chi connectivity index (χ0v) is 31.1. The molecule has 1 atom stereocenters. The van der Waals surface area contributed by atoms with Gasteiger partial charge in [0.2, 0.25) is 0 Å². The Morgan fingerprint density at radius 3 is 1.45 bits per heavy atom. The van der Waals surface area contributed by atoms with Gasteiger partial charge in [-0.25, -0.2) is 0 Å². The number of allylic oxidation sites excluding steroid dienone is 2. The van der Waals surface area contributed by atoms with E-state index in [4.69, 9.17) is 14.2 Å². The normalized spacial score (nSPS) is 12.3. The van der Waals surface area contributed by atoms with E-state index in [9.17, 15) is 14.4 Å². The van der Waals surface area contributed by atoms with E-state index >= 15 is 0 Å². The van der Waals surface area contributed by atoms with Crippen molar-refractivity contribution in [2.24, 2.45) is 0 Å². The molecule has 0 aromatic carbocycles. The van der Waals surface area contributed by atoms with Gasteiger partial charge in [-0.15, -0.1) is 0 Å². The van der Waals surface area contributed by atoms with E-state index < -0.39 is 0 Å². The van der Waals surface area contributed by atoms with E-state index in [1.807, 2.05) is 26.2 Å². The number of carbonyl (C=O) groups excluding carboxylic acids is 3. The third-order valence-electron chi connectivity index (χ3n) is 8.31. The van der Waals surface area contributed by atoms with Gasteiger partial charge in [0, 0.05) is 19.3 Å². The molecule has 0 fully saturated rings. The number of esters is 3. The topological polar surface area (TPSA) is 82.1 Å². The van der Waals surface area contributed by atoms with Gasteiger partial charge in [0.1, 0.15) is 19.3 Å². The molecule has 0 saturated carbocycles. The van der Waals surface area contributed by atoms with Crippen LogP contribution in [0.2, 0.25) is 0 Å². The molecule has 274 valence electrons. The van der Waals surface area contributed by atoms with Crippen molar-refractivity contribution in [3.8, 4) is 0 Å². The van der Waals surface area contributed by atoms with E-state index in [0.717, 1.165) is 103 Å². The lowest BCUT2D eigenvalue weighted by Crippen LogP contribution is -2.20. The van der Waals surface area contributed by atoms with Crippen molar-refractivity contribution in [1.29, 1.82) is 0 Å². The quantitative estimate of drug-likeness (QED) is 0.0293. The van der Waals surface area contributed by atoms with Gasteiger partial charge in [0.15, 0.2) is 0 Å². The van der Waals surface area contributed by atoms with Gasteiger partial charge in [0.25, 0.3) is 0 Å². The third-order valence-corrected chi connectivity index (χ3v) is 8.31. The molecule has 0 aromatic heterocycles. The minimum atomic E-state index is -0.111. The minimum absolute atomic E-state index is 0.0264. The fourth-order valence-electron chi connectivity index (χ4n) is 5.39. The first kappa shape index (κ1) is 44.9. The molecule has 0 amide bonds. The molecule has 0 bridgehead atoms. The first-order valence-corrected chi connectivity index (χ1v) is 19.3. The highest BCUT2D eigenvalue weighted by atomic mass is 16.5. The predicted octanol–water partition coefficient (Wildman–Crippen LogP) is 10.5. The highest BCUT2D eigenvalue weighted by Gasteiger charge is 2.14.